The Balaban J connectivity index is 2.18. The third-order valence-electron chi connectivity index (χ3n) is 2.32. The van der Waals surface area contributed by atoms with Gasteiger partial charge in [0.15, 0.2) is 5.13 Å². The van der Waals surface area contributed by atoms with Crippen LogP contribution in [0.1, 0.15) is 20.8 Å². The number of amides is 1. The van der Waals surface area contributed by atoms with E-state index in [-0.39, 0.29) is 0 Å². The molecule has 0 saturated heterocycles. The van der Waals surface area contributed by atoms with Crippen molar-refractivity contribution in [3.8, 4) is 0 Å². The Hall–Kier alpha value is -1.64. The second-order valence-corrected chi connectivity index (χ2v) is 6.28. The number of anilines is 1. The lowest BCUT2D eigenvalue weighted by atomic mass is 9.80. The zero-order valence-corrected chi connectivity index (χ0v) is 12.2. The zero-order chi connectivity index (χ0) is 14.9. The van der Waals surface area contributed by atoms with Gasteiger partial charge in [0.2, 0.25) is 0 Å². The highest BCUT2D eigenvalue weighted by Crippen LogP contribution is 2.25. The molecular formula is C12H15BN2O4S. The first-order chi connectivity index (χ1) is 9.24. The largest absolute Gasteiger partial charge is 0.488 e. The number of carbonyl (C=O) groups is 1. The Kier molecular flexibility index (Phi) is 3.98. The molecule has 1 aromatic heterocycles. The highest BCUT2D eigenvalue weighted by atomic mass is 32.1. The minimum absolute atomic E-state index is 0.380. The van der Waals surface area contributed by atoms with Gasteiger partial charge >= 0.3 is 13.2 Å². The first-order valence-corrected chi connectivity index (χ1v) is 6.83. The van der Waals surface area contributed by atoms with Crippen LogP contribution in [0.2, 0.25) is 0 Å². The molecule has 0 aliphatic rings. The van der Waals surface area contributed by atoms with Crippen LogP contribution in [0, 0.1) is 0 Å². The molecule has 0 aliphatic heterocycles. The molecule has 0 unspecified atom stereocenters. The minimum Gasteiger partial charge on any atom is -0.444 e. The quantitative estimate of drug-likeness (QED) is 0.727. The van der Waals surface area contributed by atoms with Crippen molar-refractivity contribution in [3.63, 3.8) is 0 Å². The number of nitrogens with one attached hydrogen (secondary N) is 1. The second-order valence-electron chi connectivity index (χ2n) is 5.25. The maximum Gasteiger partial charge on any atom is 0.488 e. The summed E-state index contributed by atoms with van der Waals surface area (Å²) in [6.07, 6.45) is -0.570. The molecule has 106 valence electrons. The van der Waals surface area contributed by atoms with E-state index in [1.165, 1.54) is 11.3 Å². The number of benzene rings is 1. The van der Waals surface area contributed by atoms with Crippen molar-refractivity contribution < 1.29 is 19.6 Å². The molecule has 0 radical (unpaired) electrons. The lowest BCUT2D eigenvalue weighted by molar-refractivity contribution is 0.0636. The minimum atomic E-state index is -1.52. The van der Waals surface area contributed by atoms with Crippen LogP contribution in [0.3, 0.4) is 0 Å². The number of hydrogen-bond acceptors (Lipinski definition) is 6. The van der Waals surface area contributed by atoms with Gasteiger partial charge in [0, 0.05) is 0 Å². The molecule has 6 nitrogen and oxygen atoms in total. The third kappa shape index (κ3) is 3.69. The lowest BCUT2D eigenvalue weighted by Gasteiger charge is -2.18. The summed E-state index contributed by atoms with van der Waals surface area (Å²) in [5.41, 5.74) is 0.477. The van der Waals surface area contributed by atoms with Crippen LogP contribution in [0.5, 0.6) is 0 Å². The molecule has 1 aromatic carbocycles. The van der Waals surface area contributed by atoms with Crippen LogP contribution >= 0.6 is 11.3 Å². The fourth-order valence-electron chi connectivity index (χ4n) is 1.55. The van der Waals surface area contributed by atoms with Crippen LogP contribution in [0.4, 0.5) is 9.93 Å². The Morgan fingerprint density at radius 3 is 2.70 bits per heavy atom. The van der Waals surface area contributed by atoms with E-state index in [1.54, 1.807) is 39.0 Å². The topological polar surface area (TPSA) is 91.7 Å². The summed E-state index contributed by atoms with van der Waals surface area (Å²) in [7, 11) is -1.52. The number of carbonyl (C=O) groups excluding carboxylic acids is 1. The van der Waals surface area contributed by atoms with E-state index >= 15 is 0 Å². The molecule has 0 fully saturated rings. The third-order valence-corrected chi connectivity index (χ3v) is 3.25. The number of aromatic nitrogens is 1. The van der Waals surface area contributed by atoms with Crippen molar-refractivity contribution >= 4 is 45.4 Å². The highest BCUT2D eigenvalue weighted by Gasteiger charge is 2.18. The van der Waals surface area contributed by atoms with E-state index in [4.69, 9.17) is 14.8 Å². The van der Waals surface area contributed by atoms with Gasteiger partial charge in [-0.2, -0.15) is 0 Å². The molecule has 8 heteroatoms. The monoisotopic (exact) mass is 294 g/mol. The molecule has 1 heterocycles. The predicted octanol–water partition coefficient (Wildman–Crippen LogP) is 1.32. The van der Waals surface area contributed by atoms with Gasteiger partial charge in [-0.25, -0.2) is 9.78 Å². The number of thiazole rings is 1. The molecule has 1 amide bonds. The van der Waals surface area contributed by atoms with Gasteiger partial charge in [0.05, 0.1) is 10.2 Å². The summed E-state index contributed by atoms with van der Waals surface area (Å²) < 4.78 is 5.89. The smallest absolute Gasteiger partial charge is 0.444 e. The molecule has 3 N–H and O–H groups in total. The van der Waals surface area contributed by atoms with Crippen LogP contribution in [-0.4, -0.2) is 33.8 Å². The van der Waals surface area contributed by atoms with Crippen molar-refractivity contribution in [2.45, 2.75) is 26.4 Å². The van der Waals surface area contributed by atoms with E-state index in [2.05, 4.69) is 10.3 Å². The molecule has 2 aromatic rings. The van der Waals surface area contributed by atoms with Gasteiger partial charge in [-0.05, 0) is 38.4 Å². The number of nitrogens with zero attached hydrogens (tertiary/aromatic N) is 1. The van der Waals surface area contributed by atoms with Crippen LogP contribution in [-0.2, 0) is 4.74 Å². The van der Waals surface area contributed by atoms with E-state index < -0.39 is 18.8 Å². The van der Waals surface area contributed by atoms with Gasteiger partial charge in [0.25, 0.3) is 0 Å². The Morgan fingerprint density at radius 1 is 1.40 bits per heavy atom. The molecule has 20 heavy (non-hydrogen) atoms. The normalized spacial score (nSPS) is 11.4. The van der Waals surface area contributed by atoms with Crippen molar-refractivity contribution in [1.82, 2.24) is 4.98 Å². The summed E-state index contributed by atoms with van der Waals surface area (Å²) in [6.45, 7) is 5.33. The van der Waals surface area contributed by atoms with Gasteiger partial charge in [-0.1, -0.05) is 17.4 Å². The number of fused-ring (bicyclic) bond motifs is 1. The van der Waals surface area contributed by atoms with E-state index in [0.29, 0.717) is 16.1 Å². The zero-order valence-electron chi connectivity index (χ0n) is 11.4. The Labute approximate surface area is 120 Å². The summed E-state index contributed by atoms with van der Waals surface area (Å²) in [5.74, 6) is 0. The van der Waals surface area contributed by atoms with Gasteiger partial charge in [-0.15, -0.1) is 0 Å². The lowest BCUT2D eigenvalue weighted by Crippen LogP contribution is -2.29. The number of hydrogen-bond donors (Lipinski definition) is 3. The highest BCUT2D eigenvalue weighted by molar-refractivity contribution is 7.22. The van der Waals surface area contributed by atoms with Crippen molar-refractivity contribution in [1.29, 1.82) is 0 Å². The fourth-order valence-corrected chi connectivity index (χ4v) is 2.45. The summed E-state index contributed by atoms with van der Waals surface area (Å²) in [5, 5.41) is 21.2. The van der Waals surface area contributed by atoms with Gasteiger partial charge in [-0.3, -0.25) is 5.32 Å². The van der Waals surface area contributed by atoms with Crippen molar-refractivity contribution in [2.24, 2.45) is 0 Å². The molecule has 0 spiro atoms. The second kappa shape index (κ2) is 5.39. The van der Waals surface area contributed by atoms with Crippen LogP contribution < -0.4 is 10.8 Å². The standard InChI is InChI=1S/C12H15BN2O4S/c1-12(2,3)19-11(16)15-10-14-8-5-4-7(13(17)18)6-9(8)20-10/h4-6,17-18H,1-3H3,(H,14,15,16). The van der Waals surface area contributed by atoms with E-state index in [1.807, 2.05) is 0 Å². The Morgan fingerprint density at radius 2 is 2.10 bits per heavy atom. The predicted molar refractivity (Wildman–Crippen MR) is 79.3 cm³/mol. The molecule has 2 rings (SSSR count). The van der Waals surface area contributed by atoms with Gasteiger partial charge < -0.3 is 14.8 Å². The van der Waals surface area contributed by atoms with Crippen molar-refractivity contribution in [3.05, 3.63) is 18.2 Å². The first kappa shape index (κ1) is 14.8. The van der Waals surface area contributed by atoms with Crippen molar-refractivity contribution in [2.75, 3.05) is 5.32 Å². The first-order valence-electron chi connectivity index (χ1n) is 6.01. The molecule has 0 atom stereocenters. The summed E-state index contributed by atoms with van der Waals surface area (Å²) >= 11 is 1.24. The molecule has 0 saturated carbocycles. The fraction of sp³-hybridized carbons (Fsp3) is 0.333. The van der Waals surface area contributed by atoms with Crippen LogP contribution in [0.15, 0.2) is 18.2 Å². The molecular weight excluding hydrogens is 279 g/mol. The average molecular weight is 294 g/mol. The maximum atomic E-state index is 11.6. The maximum absolute atomic E-state index is 11.6. The van der Waals surface area contributed by atoms with E-state index in [9.17, 15) is 4.79 Å². The van der Waals surface area contributed by atoms with E-state index in [0.717, 1.165) is 4.70 Å². The molecule has 0 aliphatic carbocycles. The van der Waals surface area contributed by atoms with Gasteiger partial charge in [0.1, 0.15) is 5.60 Å². The molecule has 0 bridgehead atoms. The number of ether oxygens (including phenoxy) is 1. The van der Waals surface area contributed by atoms with Crippen LogP contribution in [0.25, 0.3) is 10.2 Å². The summed E-state index contributed by atoms with van der Waals surface area (Å²) in [6, 6.07) is 4.86. The average Bonchev–Trinajstić information content (AvgIpc) is 2.66. The number of rotatable bonds is 2. The SMILES string of the molecule is CC(C)(C)OC(=O)Nc1nc2ccc(B(O)O)cc2s1. The summed E-state index contributed by atoms with van der Waals surface area (Å²) in [4.78, 5) is 15.9. The Bertz CT molecular complexity index is 636.